The molecule has 3 N–H and O–H groups in total. The molecule has 0 bridgehead atoms. The summed E-state index contributed by atoms with van der Waals surface area (Å²) in [7, 11) is 0. The highest BCUT2D eigenvalue weighted by Crippen LogP contribution is 2.28. The van der Waals surface area contributed by atoms with E-state index in [9.17, 15) is 5.11 Å². The number of nitrogen functional groups attached to an aromatic ring is 1. The van der Waals surface area contributed by atoms with Gasteiger partial charge in [0.25, 0.3) is 0 Å². The molecule has 16 heavy (non-hydrogen) atoms. The second kappa shape index (κ2) is 3.17. The first kappa shape index (κ1) is 9.10. The fourth-order valence-electron chi connectivity index (χ4n) is 1.46. The Kier molecular flexibility index (Phi) is 1.80. The summed E-state index contributed by atoms with van der Waals surface area (Å²) in [5.41, 5.74) is 6.16. The lowest BCUT2D eigenvalue weighted by Gasteiger charge is -1.99. The monoisotopic (exact) mass is 233 g/mol. The third kappa shape index (κ3) is 1.22. The van der Waals surface area contributed by atoms with E-state index >= 15 is 0 Å². The Bertz CT molecular complexity index is 659. The zero-order valence-electron chi connectivity index (χ0n) is 8.03. The first-order valence-electron chi connectivity index (χ1n) is 4.52. The number of para-hydroxylation sites is 1. The number of phenolic OH excluding ortho intramolecular Hbond substituents is 1. The molecule has 2 heterocycles. The van der Waals surface area contributed by atoms with Crippen molar-refractivity contribution in [3.8, 4) is 17.1 Å². The van der Waals surface area contributed by atoms with Crippen LogP contribution in [-0.4, -0.2) is 24.9 Å². The molecule has 0 saturated heterocycles. The average Bonchev–Trinajstić information content (AvgIpc) is 2.78. The Morgan fingerprint density at radius 1 is 1.25 bits per heavy atom. The second-order valence-electron chi connectivity index (χ2n) is 3.18. The lowest BCUT2D eigenvalue weighted by atomic mass is 10.2. The van der Waals surface area contributed by atoms with Gasteiger partial charge in [-0.3, -0.25) is 0 Å². The predicted octanol–water partition coefficient (Wildman–Crippen LogP) is 1.14. The van der Waals surface area contributed by atoms with Gasteiger partial charge in [0.2, 0.25) is 10.1 Å². The Morgan fingerprint density at radius 3 is 2.88 bits per heavy atom. The lowest BCUT2D eigenvalue weighted by molar-refractivity contribution is 0.476. The van der Waals surface area contributed by atoms with E-state index < -0.39 is 0 Å². The number of nitrogens with two attached hydrogens (primary N) is 1. The Hall–Kier alpha value is -2.15. The summed E-state index contributed by atoms with van der Waals surface area (Å²) >= 11 is 1.25. The summed E-state index contributed by atoms with van der Waals surface area (Å²) in [5, 5.41) is 22.1. The summed E-state index contributed by atoms with van der Waals surface area (Å²) in [4.78, 5) is 0.607. The van der Waals surface area contributed by atoms with Crippen molar-refractivity contribution in [2.24, 2.45) is 0 Å². The minimum Gasteiger partial charge on any atom is -0.507 e. The van der Waals surface area contributed by atoms with Crippen molar-refractivity contribution in [3.63, 3.8) is 0 Å². The fourth-order valence-corrected chi connectivity index (χ4v) is 2.07. The van der Waals surface area contributed by atoms with Crippen molar-refractivity contribution in [2.45, 2.75) is 0 Å². The second-order valence-corrected chi connectivity index (χ2v) is 4.16. The smallest absolute Gasteiger partial charge is 0.236 e. The van der Waals surface area contributed by atoms with Crippen molar-refractivity contribution in [2.75, 3.05) is 5.73 Å². The summed E-state index contributed by atoms with van der Waals surface area (Å²) < 4.78 is 1.52. The number of aromatic hydroxyl groups is 1. The van der Waals surface area contributed by atoms with E-state index in [0.717, 1.165) is 0 Å². The first-order valence-corrected chi connectivity index (χ1v) is 5.33. The number of phenols is 1. The molecule has 7 heteroatoms. The number of nitrogens with zero attached hydrogens (tertiary/aromatic N) is 4. The van der Waals surface area contributed by atoms with Crippen molar-refractivity contribution in [1.29, 1.82) is 0 Å². The molecule has 1 aromatic carbocycles. The Labute approximate surface area is 94.0 Å². The maximum Gasteiger partial charge on any atom is 0.236 e. The van der Waals surface area contributed by atoms with Crippen LogP contribution >= 0.6 is 11.3 Å². The number of hydrogen-bond acceptors (Lipinski definition) is 6. The van der Waals surface area contributed by atoms with Crippen LogP contribution in [0.25, 0.3) is 16.3 Å². The normalized spacial score (nSPS) is 11.0. The van der Waals surface area contributed by atoms with E-state index in [1.165, 1.54) is 15.9 Å². The van der Waals surface area contributed by atoms with Gasteiger partial charge in [-0.25, -0.2) is 0 Å². The van der Waals surface area contributed by atoms with E-state index in [1.807, 2.05) is 6.07 Å². The number of rotatable bonds is 1. The summed E-state index contributed by atoms with van der Waals surface area (Å²) in [6, 6.07) is 6.89. The fraction of sp³-hybridized carbons (Fsp3) is 0. The molecule has 2 aromatic heterocycles. The van der Waals surface area contributed by atoms with Crippen LogP contribution in [0.3, 0.4) is 0 Å². The SMILES string of the molecule is Nc1nn2c(-c3ccccc3O)nnc2s1. The van der Waals surface area contributed by atoms with Gasteiger partial charge in [0.15, 0.2) is 5.82 Å². The summed E-state index contributed by atoms with van der Waals surface area (Å²) in [6.07, 6.45) is 0. The van der Waals surface area contributed by atoms with E-state index in [1.54, 1.807) is 18.2 Å². The molecule has 0 saturated carbocycles. The molecule has 3 aromatic rings. The third-order valence-corrected chi connectivity index (χ3v) is 2.88. The van der Waals surface area contributed by atoms with Gasteiger partial charge < -0.3 is 10.8 Å². The highest BCUT2D eigenvalue weighted by molar-refractivity contribution is 7.20. The molecule has 0 amide bonds. The molecule has 0 aliphatic carbocycles. The largest absolute Gasteiger partial charge is 0.507 e. The molecular weight excluding hydrogens is 226 g/mol. The van der Waals surface area contributed by atoms with Crippen LogP contribution in [0.4, 0.5) is 5.13 Å². The van der Waals surface area contributed by atoms with Crippen LogP contribution < -0.4 is 5.73 Å². The Balaban J connectivity index is 2.30. The highest BCUT2D eigenvalue weighted by Gasteiger charge is 2.14. The minimum atomic E-state index is 0.142. The number of fused-ring (bicyclic) bond motifs is 1. The quantitative estimate of drug-likeness (QED) is 0.658. The number of anilines is 1. The molecule has 80 valence electrons. The van der Waals surface area contributed by atoms with Gasteiger partial charge in [0.1, 0.15) is 5.75 Å². The van der Waals surface area contributed by atoms with Gasteiger partial charge in [-0.05, 0) is 12.1 Å². The minimum absolute atomic E-state index is 0.142. The topological polar surface area (TPSA) is 89.3 Å². The third-order valence-electron chi connectivity index (χ3n) is 2.15. The van der Waals surface area contributed by atoms with Crippen LogP contribution in [0, 0.1) is 0 Å². The van der Waals surface area contributed by atoms with Gasteiger partial charge in [-0.2, -0.15) is 4.52 Å². The molecular formula is C9H7N5OS. The number of benzene rings is 1. The summed E-state index contributed by atoms with van der Waals surface area (Å²) in [6.45, 7) is 0. The van der Waals surface area contributed by atoms with Crippen LogP contribution in [0.1, 0.15) is 0 Å². The molecule has 3 rings (SSSR count). The van der Waals surface area contributed by atoms with Gasteiger partial charge in [-0.15, -0.1) is 15.3 Å². The highest BCUT2D eigenvalue weighted by atomic mass is 32.1. The predicted molar refractivity (Wildman–Crippen MR) is 60.2 cm³/mol. The van der Waals surface area contributed by atoms with Crippen LogP contribution in [0.5, 0.6) is 5.75 Å². The number of hydrogen-bond donors (Lipinski definition) is 2. The Morgan fingerprint density at radius 2 is 2.06 bits per heavy atom. The van der Waals surface area contributed by atoms with E-state index in [-0.39, 0.29) is 5.75 Å². The first-order chi connectivity index (χ1) is 7.75. The van der Waals surface area contributed by atoms with Crippen molar-refractivity contribution in [3.05, 3.63) is 24.3 Å². The van der Waals surface area contributed by atoms with Crippen molar-refractivity contribution < 1.29 is 5.11 Å². The van der Waals surface area contributed by atoms with Crippen LogP contribution in [-0.2, 0) is 0 Å². The zero-order valence-corrected chi connectivity index (χ0v) is 8.85. The standard InChI is InChI=1S/C9H7N5OS/c10-8-13-14-7(11-12-9(14)16-8)5-3-1-2-4-6(5)15/h1-4,15H,(H2,10,13). The van der Waals surface area contributed by atoms with E-state index in [2.05, 4.69) is 15.3 Å². The lowest BCUT2D eigenvalue weighted by Crippen LogP contribution is -1.92. The van der Waals surface area contributed by atoms with Crippen molar-refractivity contribution >= 4 is 21.4 Å². The molecule has 6 nitrogen and oxygen atoms in total. The van der Waals surface area contributed by atoms with Crippen LogP contribution in [0.15, 0.2) is 24.3 Å². The van der Waals surface area contributed by atoms with Crippen LogP contribution in [0.2, 0.25) is 0 Å². The molecule has 0 spiro atoms. The number of aromatic nitrogens is 4. The van der Waals surface area contributed by atoms with E-state index in [0.29, 0.717) is 21.5 Å². The molecule has 0 radical (unpaired) electrons. The van der Waals surface area contributed by atoms with Gasteiger partial charge in [-0.1, -0.05) is 23.5 Å². The average molecular weight is 233 g/mol. The zero-order chi connectivity index (χ0) is 11.1. The molecule has 0 aliphatic heterocycles. The van der Waals surface area contributed by atoms with Gasteiger partial charge in [0.05, 0.1) is 5.56 Å². The molecule has 0 unspecified atom stereocenters. The van der Waals surface area contributed by atoms with Gasteiger partial charge >= 0.3 is 0 Å². The van der Waals surface area contributed by atoms with E-state index in [4.69, 9.17) is 5.73 Å². The molecule has 0 atom stereocenters. The maximum atomic E-state index is 9.71. The molecule has 0 aliphatic rings. The molecule has 0 fully saturated rings. The van der Waals surface area contributed by atoms with Crippen molar-refractivity contribution in [1.82, 2.24) is 19.8 Å². The van der Waals surface area contributed by atoms with Gasteiger partial charge in [0, 0.05) is 0 Å². The summed E-state index contributed by atoms with van der Waals surface area (Å²) in [5.74, 6) is 0.629. The maximum absolute atomic E-state index is 9.71.